The molecule has 1 aromatic rings. The summed E-state index contributed by atoms with van der Waals surface area (Å²) in [6, 6.07) is -0.322. The van der Waals surface area contributed by atoms with E-state index in [0.717, 1.165) is 4.57 Å². The Hall–Kier alpha value is -2.43. The molecule has 2 N–H and O–H groups in total. The first kappa shape index (κ1) is 24.8. The van der Waals surface area contributed by atoms with Crippen molar-refractivity contribution in [2.24, 2.45) is 4.99 Å². The Kier molecular flexibility index (Phi) is 7.85. The Labute approximate surface area is 182 Å². The molecule has 1 aliphatic rings. The maximum atomic E-state index is 13.0. The molecule has 31 heavy (non-hydrogen) atoms. The van der Waals surface area contributed by atoms with Gasteiger partial charge in [0.25, 0.3) is 0 Å². The maximum absolute atomic E-state index is 13.0. The smallest absolute Gasteiger partial charge is 0.412 e. The van der Waals surface area contributed by atoms with Gasteiger partial charge in [0.05, 0.1) is 12.1 Å². The van der Waals surface area contributed by atoms with Crippen molar-refractivity contribution < 1.29 is 23.0 Å². The van der Waals surface area contributed by atoms with Gasteiger partial charge in [-0.05, 0) is 48.5 Å². The lowest BCUT2D eigenvalue weighted by atomic mass is 10.1. The summed E-state index contributed by atoms with van der Waals surface area (Å²) in [5.41, 5.74) is -1.48. The van der Waals surface area contributed by atoms with Crippen LogP contribution < -0.4 is 10.6 Å². The van der Waals surface area contributed by atoms with E-state index in [-0.39, 0.29) is 24.5 Å². The number of hydrogen-bond donors (Lipinski definition) is 2. The molecule has 176 valence electrons. The predicted octanol–water partition coefficient (Wildman–Crippen LogP) is 3.09. The van der Waals surface area contributed by atoms with Gasteiger partial charge in [0.1, 0.15) is 23.7 Å². The summed E-state index contributed by atoms with van der Waals surface area (Å²) in [6.45, 7) is 11.1. The van der Waals surface area contributed by atoms with Gasteiger partial charge in [0.2, 0.25) is 0 Å². The lowest BCUT2D eigenvalue weighted by Crippen LogP contribution is -2.54. The third-order valence-electron chi connectivity index (χ3n) is 4.68. The van der Waals surface area contributed by atoms with Crippen LogP contribution in [0.15, 0.2) is 17.4 Å². The van der Waals surface area contributed by atoms with Crippen molar-refractivity contribution in [2.75, 3.05) is 13.1 Å². The average molecular weight is 445 g/mol. The Bertz CT molecular complexity index is 775. The highest BCUT2D eigenvalue weighted by molar-refractivity contribution is 5.80. The average Bonchev–Trinajstić information content (AvgIpc) is 3.17. The number of amides is 1. The van der Waals surface area contributed by atoms with E-state index in [1.165, 1.54) is 12.4 Å². The molecule has 2 heterocycles. The highest BCUT2D eigenvalue weighted by Gasteiger charge is 2.49. The number of imidazole rings is 1. The Morgan fingerprint density at radius 2 is 2.06 bits per heavy atom. The first-order valence-electron chi connectivity index (χ1n) is 10.4. The Balaban J connectivity index is 2.13. The van der Waals surface area contributed by atoms with Gasteiger partial charge in [-0.25, -0.2) is 14.8 Å². The molecule has 2 unspecified atom stereocenters. The second kappa shape index (κ2) is 9.80. The van der Waals surface area contributed by atoms with Gasteiger partial charge in [-0.15, -0.1) is 0 Å². The number of alkyl halides is 2. The van der Waals surface area contributed by atoms with Crippen LogP contribution in [0.5, 0.6) is 0 Å². The van der Waals surface area contributed by atoms with Crippen molar-refractivity contribution in [3.05, 3.63) is 18.2 Å². The van der Waals surface area contributed by atoms with Gasteiger partial charge in [-0.1, -0.05) is 0 Å². The summed E-state index contributed by atoms with van der Waals surface area (Å²) in [4.78, 5) is 22.7. The normalized spacial score (nSPS) is 21.5. The fourth-order valence-corrected chi connectivity index (χ4v) is 3.46. The summed E-state index contributed by atoms with van der Waals surface area (Å²) in [5, 5.41) is 6.25. The van der Waals surface area contributed by atoms with E-state index in [2.05, 4.69) is 20.6 Å². The zero-order chi connectivity index (χ0) is 23.4. The molecule has 0 spiro atoms. The highest BCUT2D eigenvalue weighted by atomic mass is 19.3. The number of hydrogen-bond acceptors (Lipinski definition) is 5. The fraction of sp³-hybridized carbons (Fsp3) is 0.750. The molecule has 2 rings (SSSR count). The second-order valence-corrected chi connectivity index (χ2v) is 8.79. The number of rotatable bonds is 6. The Morgan fingerprint density at radius 1 is 1.39 bits per heavy atom. The Morgan fingerprint density at radius 3 is 2.65 bits per heavy atom. The molecule has 0 bridgehead atoms. The second-order valence-electron chi connectivity index (χ2n) is 8.79. The largest absolute Gasteiger partial charge is 0.444 e. The first-order valence-corrected chi connectivity index (χ1v) is 10.4. The minimum absolute atomic E-state index is 0.0231. The number of nitrogens with zero attached hydrogens (tertiary/aromatic N) is 4. The van der Waals surface area contributed by atoms with Gasteiger partial charge in [-0.2, -0.15) is 8.78 Å². The molecule has 1 amide bonds. The van der Waals surface area contributed by atoms with Crippen LogP contribution in [0.2, 0.25) is 0 Å². The molecule has 1 aliphatic heterocycles. The zero-order valence-corrected chi connectivity index (χ0v) is 19.3. The SMILES string of the molecule is CCNC(=NCc1nccn1C(F)F)NCC1C(C)OC(C)(C)N1C(=O)OC(C)(C)C. The molecule has 2 atom stereocenters. The third-order valence-corrected chi connectivity index (χ3v) is 4.68. The highest BCUT2D eigenvalue weighted by Crippen LogP contribution is 2.33. The lowest BCUT2D eigenvalue weighted by Gasteiger charge is -2.35. The predicted molar refractivity (Wildman–Crippen MR) is 113 cm³/mol. The molecule has 0 aromatic carbocycles. The van der Waals surface area contributed by atoms with Gasteiger partial charge in [0, 0.05) is 25.5 Å². The number of nitrogens with one attached hydrogen (secondary N) is 2. The molecule has 0 radical (unpaired) electrons. The third kappa shape index (κ3) is 6.52. The monoisotopic (exact) mass is 444 g/mol. The number of carbonyl (C=O) groups is 1. The van der Waals surface area contributed by atoms with Gasteiger partial charge in [-0.3, -0.25) is 9.47 Å². The quantitative estimate of drug-likeness (QED) is 0.517. The summed E-state index contributed by atoms with van der Waals surface area (Å²) in [7, 11) is 0. The van der Waals surface area contributed by atoms with Crippen molar-refractivity contribution in [2.45, 2.75) is 85.0 Å². The standard InChI is InChI=1S/C20H34F2N6O3/c1-8-23-17(26-12-15-24-9-10-27(15)16(21)22)25-11-14-13(2)30-20(6,7)28(14)18(29)31-19(3,4)5/h9-10,13-14,16H,8,11-12H2,1-7H3,(H2,23,25,26). The zero-order valence-electron chi connectivity index (χ0n) is 19.3. The van der Waals surface area contributed by atoms with Crippen molar-refractivity contribution in [3.8, 4) is 0 Å². The molecule has 0 aliphatic carbocycles. The summed E-state index contributed by atoms with van der Waals surface area (Å²) < 4.78 is 38.4. The van der Waals surface area contributed by atoms with E-state index >= 15 is 0 Å². The fourth-order valence-electron chi connectivity index (χ4n) is 3.46. The van der Waals surface area contributed by atoms with Gasteiger partial charge < -0.3 is 20.1 Å². The van der Waals surface area contributed by atoms with Crippen LogP contribution in [0.4, 0.5) is 13.6 Å². The number of carbonyl (C=O) groups excluding carboxylic acids is 1. The van der Waals surface area contributed by atoms with Gasteiger partial charge in [0.15, 0.2) is 5.96 Å². The molecule has 0 saturated carbocycles. The molecule has 1 aromatic heterocycles. The van der Waals surface area contributed by atoms with Crippen LogP contribution in [0.1, 0.15) is 60.8 Å². The van der Waals surface area contributed by atoms with Crippen LogP contribution >= 0.6 is 0 Å². The molecule has 9 nitrogen and oxygen atoms in total. The minimum atomic E-state index is -2.68. The van der Waals surface area contributed by atoms with E-state index in [0.29, 0.717) is 19.0 Å². The topological polar surface area (TPSA) is 93.0 Å². The molecule has 1 saturated heterocycles. The van der Waals surface area contributed by atoms with Gasteiger partial charge >= 0.3 is 12.6 Å². The van der Waals surface area contributed by atoms with Crippen molar-refractivity contribution >= 4 is 12.1 Å². The number of halogens is 2. The lowest BCUT2D eigenvalue weighted by molar-refractivity contribution is -0.0755. The molecular weight excluding hydrogens is 410 g/mol. The van der Waals surface area contributed by atoms with Crippen LogP contribution in [0.25, 0.3) is 0 Å². The van der Waals surface area contributed by atoms with E-state index in [1.54, 1.807) is 4.90 Å². The number of aromatic nitrogens is 2. The van der Waals surface area contributed by atoms with Crippen molar-refractivity contribution in [3.63, 3.8) is 0 Å². The van der Waals surface area contributed by atoms with E-state index in [9.17, 15) is 13.6 Å². The van der Waals surface area contributed by atoms with Crippen LogP contribution in [-0.2, 0) is 16.0 Å². The number of guanidine groups is 1. The van der Waals surface area contributed by atoms with Crippen molar-refractivity contribution in [1.29, 1.82) is 0 Å². The van der Waals surface area contributed by atoms with Crippen LogP contribution in [-0.4, -0.2) is 63.1 Å². The molecular formula is C20H34F2N6O3. The molecule has 1 fully saturated rings. The minimum Gasteiger partial charge on any atom is -0.444 e. The van der Waals surface area contributed by atoms with Crippen molar-refractivity contribution in [1.82, 2.24) is 25.1 Å². The van der Waals surface area contributed by atoms with Crippen LogP contribution in [0, 0.1) is 0 Å². The summed E-state index contributed by atoms with van der Waals surface area (Å²) in [5.74, 6) is 0.577. The van der Waals surface area contributed by atoms with E-state index < -0.39 is 24.0 Å². The molecule has 11 heteroatoms. The number of ether oxygens (including phenoxy) is 2. The van der Waals surface area contributed by atoms with E-state index in [1.807, 2.05) is 48.5 Å². The summed E-state index contributed by atoms with van der Waals surface area (Å²) in [6.07, 6.45) is 1.81. The summed E-state index contributed by atoms with van der Waals surface area (Å²) >= 11 is 0. The maximum Gasteiger partial charge on any atom is 0.412 e. The van der Waals surface area contributed by atoms with E-state index in [4.69, 9.17) is 9.47 Å². The number of aliphatic imine (C=N–C) groups is 1. The first-order chi connectivity index (χ1) is 14.4. The van der Waals surface area contributed by atoms with Crippen LogP contribution in [0.3, 0.4) is 0 Å².